The molecule has 11 nitrogen and oxygen atoms in total. The van der Waals surface area contributed by atoms with E-state index in [0.29, 0.717) is 37.0 Å². The molecule has 5 amide bonds. The van der Waals surface area contributed by atoms with E-state index in [9.17, 15) is 37.1 Å². The van der Waals surface area contributed by atoms with Crippen molar-refractivity contribution in [1.82, 2.24) is 15.5 Å². The Kier molecular flexibility index (Phi) is 9.72. The van der Waals surface area contributed by atoms with Crippen LogP contribution in [0.1, 0.15) is 86.0 Å². The van der Waals surface area contributed by atoms with Gasteiger partial charge in [0.25, 0.3) is 0 Å². The van der Waals surface area contributed by atoms with Gasteiger partial charge in [0, 0.05) is 31.0 Å². The number of hydrogen-bond acceptors (Lipinski definition) is 6. The van der Waals surface area contributed by atoms with Crippen LogP contribution in [0.25, 0.3) is 0 Å². The lowest BCUT2D eigenvalue weighted by Crippen LogP contribution is -2.54. The quantitative estimate of drug-likeness (QED) is 0.320. The van der Waals surface area contributed by atoms with Crippen LogP contribution in [-0.4, -0.2) is 71.6 Å². The van der Waals surface area contributed by atoms with Crippen molar-refractivity contribution in [2.24, 2.45) is 40.1 Å². The number of hydrogen-bond donors (Lipinski definition) is 4. The molecule has 4 atom stereocenters. The summed E-state index contributed by atoms with van der Waals surface area (Å²) in [6.07, 6.45) is -1.63. The topological polar surface area (TPSA) is 174 Å². The third kappa shape index (κ3) is 8.31. The van der Waals surface area contributed by atoms with Crippen LogP contribution in [0.15, 0.2) is 0 Å². The van der Waals surface area contributed by atoms with E-state index in [4.69, 9.17) is 5.73 Å². The number of rotatable bonds is 7. The van der Waals surface area contributed by atoms with Crippen LogP contribution in [0.2, 0.25) is 0 Å². The van der Waals surface area contributed by atoms with Crippen LogP contribution in [0.5, 0.6) is 0 Å². The van der Waals surface area contributed by atoms with Crippen molar-refractivity contribution in [3.63, 3.8) is 0 Å². The number of carbonyl (C=O) groups is 5. The summed E-state index contributed by atoms with van der Waals surface area (Å²) in [4.78, 5) is 57.1. The average Bonchev–Trinajstić information content (AvgIpc) is 3.51. The van der Waals surface area contributed by atoms with E-state index in [1.54, 1.807) is 0 Å². The zero-order valence-corrected chi connectivity index (χ0v) is 25.6. The molecule has 5 rings (SSSR count). The predicted molar refractivity (Wildman–Crippen MR) is 150 cm³/mol. The van der Waals surface area contributed by atoms with Crippen LogP contribution >= 0.6 is 0 Å². The normalized spacial score (nSPS) is 27.5. The van der Waals surface area contributed by atoms with Crippen molar-refractivity contribution in [3.05, 3.63) is 0 Å². The Bertz CT molecular complexity index is 1080. The van der Waals surface area contributed by atoms with Gasteiger partial charge in [0.05, 0.1) is 0 Å². The number of alkyl halides is 3. The number of fused-ring (bicyclic) bond motifs is 1. The van der Waals surface area contributed by atoms with Gasteiger partial charge in [-0.1, -0.05) is 34.6 Å². The number of piperidine rings is 1. The van der Waals surface area contributed by atoms with Crippen molar-refractivity contribution in [2.75, 3.05) is 13.1 Å². The second-order valence-electron chi connectivity index (χ2n) is 14.5. The highest BCUT2D eigenvalue weighted by atomic mass is 19.4. The summed E-state index contributed by atoms with van der Waals surface area (Å²) in [6.45, 7) is 13.1. The Morgan fingerprint density at radius 2 is 1.65 bits per heavy atom. The van der Waals surface area contributed by atoms with E-state index in [1.165, 1.54) is 0 Å². The summed E-state index contributed by atoms with van der Waals surface area (Å²) in [5.74, 6) is 1.06. The van der Waals surface area contributed by atoms with Crippen molar-refractivity contribution < 1.29 is 41.9 Å². The lowest BCUT2D eigenvalue weighted by atomic mass is 9.79. The number of nitrogens with zero attached hydrogens (tertiary/aromatic N) is 1. The minimum absolute atomic E-state index is 0.00880. The molecule has 0 aromatic heterocycles. The molecule has 3 saturated carbocycles. The molecule has 2 heterocycles. The lowest BCUT2D eigenvalue weighted by molar-refractivity contribution is -0.283. The maximum Gasteiger partial charge on any atom is 0.428 e. The summed E-state index contributed by atoms with van der Waals surface area (Å²) in [6, 6.07) is -0.748. The van der Waals surface area contributed by atoms with E-state index >= 15 is 0 Å². The molecule has 244 valence electrons. The summed E-state index contributed by atoms with van der Waals surface area (Å²) in [7, 11) is 0. The van der Waals surface area contributed by atoms with Gasteiger partial charge >= 0.3 is 12.3 Å². The molecule has 3 aliphatic carbocycles. The largest absolute Gasteiger partial charge is 0.433 e. The molecule has 0 bridgehead atoms. The van der Waals surface area contributed by atoms with Crippen LogP contribution in [-0.2, 0) is 23.9 Å². The van der Waals surface area contributed by atoms with E-state index in [1.807, 2.05) is 0 Å². The van der Waals surface area contributed by atoms with E-state index < -0.39 is 29.8 Å². The lowest BCUT2D eigenvalue weighted by Gasteiger charge is -2.41. The van der Waals surface area contributed by atoms with E-state index in [2.05, 4.69) is 60.6 Å². The number of likely N-dealkylation sites (tertiary alicyclic amines) is 1. The maximum absolute atomic E-state index is 12.2. The van der Waals surface area contributed by atoms with Crippen molar-refractivity contribution >= 4 is 30.2 Å². The molecule has 6 N–H and O–H groups in total. The fourth-order valence-corrected chi connectivity index (χ4v) is 6.32. The Balaban J connectivity index is 0.000000179. The van der Waals surface area contributed by atoms with Crippen molar-refractivity contribution in [1.29, 1.82) is 0 Å². The van der Waals surface area contributed by atoms with E-state index in [0.717, 1.165) is 44.2 Å². The summed E-state index contributed by atoms with van der Waals surface area (Å²) in [5.41, 5.74) is 8.00. The molecular weight excluding hydrogens is 571 g/mol. The number of nitrogens with one attached hydrogen (secondary N) is 2. The average molecular weight is 618 g/mol. The molecule has 14 heteroatoms. The first kappa shape index (κ1) is 34.4. The molecule has 4 unspecified atom stereocenters. The number of ether oxygens (including phenoxy) is 1. The van der Waals surface area contributed by atoms with Gasteiger partial charge < -0.3 is 31.7 Å². The number of halogens is 3. The first-order chi connectivity index (χ1) is 19.7. The zero-order chi connectivity index (χ0) is 32.6. The summed E-state index contributed by atoms with van der Waals surface area (Å²) in [5, 5.41) is 5.28. The van der Waals surface area contributed by atoms with Gasteiger partial charge in [-0.25, -0.2) is 4.79 Å². The molecular formula is C29H46F3N5O6. The molecule has 0 radical (unpaired) electrons. The first-order valence-corrected chi connectivity index (χ1v) is 14.8. The molecule has 2 saturated heterocycles. The van der Waals surface area contributed by atoms with Gasteiger partial charge in [-0.05, 0) is 67.6 Å². The van der Waals surface area contributed by atoms with E-state index in [-0.39, 0.29) is 35.6 Å². The van der Waals surface area contributed by atoms with Gasteiger partial charge in [-0.2, -0.15) is 13.2 Å². The molecule has 1 spiro atoms. The summed E-state index contributed by atoms with van der Waals surface area (Å²) >= 11 is 0. The number of primary amides is 2. The zero-order valence-electron chi connectivity index (χ0n) is 25.6. The highest BCUT2D eigenvalue weighted by Crippen LogP contribution is 2.62. The summed E-state index contributed by atoms with van der Waals surface area (Å²) < 4.78 is 40.6. The molecule has 43 heavy (non-hydrogen) atoms. The highest BCUT2D eigenvalue weighted by molar-refractivity contribution is 5.86. The molecule has 2 aliphatic heterocycles. The van der Waals surface area contributed by atoms with Crippen molar-refractivity contribution in [3.8, 4) is 0 Å². The number of carbonyl (C=O) groups excluding carboxylic acids is 5. The highest BCUT2D eigenvalue weighted by Gasteiger charge is 2.63. The monoisotopic (exact) mass is 617 g/mol. The van der Waals surface area contributed by atoms with Gasteiger partial charge in [0.15, 0.2) is 0 Å². The second kappa shape index (κ2) is 12.1. The standard InChI is InChI=1S/C13H23NO.C10H15N3O3.C6H8F3NO2/c1-12(2,3)6-11(15)14-7-9-10(8-14)13(9,4)5;11-8(15)7(12-5-14)3-6-4-10(1-2-10)13-9(6)16;7-6(8,9)5(2-1-3-5)12-4(10)11/h9-10H,6-8H2,1-5H3;5-7H,1-4H2,(H2,11,15)(H,12,14)(H,13,16);1-3H2,(H2,10,11). The molecule has 0 aromatic rings. The maximum atomic E-state index is 12.2. The van der Waals surface area contributed by atoms with Crippen LogP contribution in [0, 0.1) is 28.6 Å². The predicted octanol–water partition coefficient (Wildman–Crippen LogP) is 2.75. The van der Waals surface area contributed by atoms with Crippen LogP contribution in [0.3, 0.4) is 0 Å². The Morgan fingerprint density at radius 1 is 1.09 bits per heavy atom. The second-order valence-corrected chi connectivity index (χ2v) is 14.5. The Labute approximate surface area is 250 Å². The minimum Gasteiger partial charge on any atom is -0.433 e. The molecule has 5 fully saturated rings. The van der Waals surface area contributed by atoms with Crippen LogP contribution in [0.4, 0.5) is 18.0 Å². The minimum atomic E-state index is -4.50. The Hall–Kier alpha value is -3.06. The smallest absolute Gasteiger partial charge is 0.428 e. The third-order valence-corrected chi connectivity index (χ3v) is 9.51. The third-order valence-electron chi connectivity index (χ3n) is 9.51. The Morgan fingerprint density at radius 3 is 1.98 bits per heavy atom. The van der Waals surface area contributed by atoms with Gasteiger partial charge in [-0.3, -0.25) is 19.2 Å². The number of amides is 5. The molecule has 0 aromatic carbocycles. The first-order valence-electron chi connectivity index (χ1n) is 14.8. The van der Waals surface area contributed by atoms with Crippen molar-refractivity contribution in [2.45, 2.75) is 109 Å². The van der Waals surface area contributed by atoms with Gasteiger partial charge in [0.1, 0.15) is 6.04 Å². The number of nitrogens with two attached hydrogens (primary N) is 2. The van der Waals surface area contributed by atoms with Gasteiger partial charge in [-0.15, -0.1) is 0 Å². The van der Waals surface area contributed by atoms with Gasteiger partial charge in [0.2, 0.25) is 29.7 Å². The SMILES string of the molecule is CC(C)(C)CC(=O)N1CC2C(C1)C2(C)C.NC(=O)C(CC1CC2(CC2)NC1=O)NC=O.NC(=O)OC1(C(F)(F)F)CCC1. The molecule has 5 aliphatic rings. The van der Waals surface area contributed by atoms with Crippen LogP contribution < -0.4 is 22.1 Å². The fraction of sp³-hybridized carbons (Fsp3) is 0.828. The fourth-order valence-electron chi connectivity index (χ4n) is 6.32.